The molecule has 4 amide bonds. The van der Waals surface area contributed by atoms with Gasteiger partial charge >= 0.3 is 12.2 Å². The molecule has 4 rings (SSSR count). The van der Waals surface area contributed by atoms with Gasteiger partial charge in [-0.15, -0.1) is 0 Å². The number of nitrogens with zero attached hydrogens (tertiary/aromatic N) is 1. The molecule has 2 aromatic rings. The third kappa shape index (κ3) is 4.07. The molecule has 33 heavy (non-hydrogen) atoms. The monoisotopic (exact) mass is 461 g/mol. The number of urea groups is 1. The fourth-order valence-corrected chi connectivity index (χ4v) is 3.61. The molecule has 2 heterocycles. The van der Waals surface area contributed by atoms with Gasteiger partial charge in [0.15, 0.2) is 0 Å². The predicted molar refractivity (Wildman–Crippen MR) is 105 cm³/mol. The molecule has 1 atom stereocenters. The normalized spacial score (nSPS) is 19.5. The molecule has 11 heteroatoms. The number of imide groups is 1. The standard InChI is InChI=1S/C22H15F4N3O4/c1-33-14-4-3-13-10-29(18(30)15(13)9-14)11-21(19(31)27-20(32)28-21)7-6-12-2-5-17(23)16(8-12)22(24,25)26/h2-5,8-9H,10-11H2,1H3,(H2,27,28,31,32)/t21-/m1/s1. The minimum Gasteiger partial charge on any atom is -0.497 e. The molecule has 2 aromatic carbocycles. The number of ether oxygens (including phenoxy) is 1. The van der Waals surface area contributed by atoms with E-state index in [4.69, 9.17) is 4.74 Å². The Morgan fingerprint density at radius 1 is 1.15 bits per heavy atom. The van der Waals surface area contributed by atoms with Crippen molar-refractivity contribution in [2.45, 2.75) is 18.3 Å². The number of methoxy groups -OCH3 is 1. The van der Waals surface area contributed by atoms with Crippen LogP contribution in [0.4, 0.5) is 22.4 Å². The van der Waals surface area contributed by atoms with Gasteiger partial charge in [-0.3, -0.25) is 14.9 Å². The Labute approximate surface area is 184 Å². The molecule has 0 unspecified atom stereocenters. The van der Waals surface area contributed by atoms with Crippen LogP contribution in [0.1, 0.15) is 27.0 Å². The summed E-state index contributed by atoms with van der Waals surface area (Å²) in [7, 11) is 1.45. The number of hydrogen-bond acceptors (Lipinski definition) is 4. The van der Waals surface area contributed by atoms with Crippen molar-refractivity contribution in [3.05, 3.63) is 64.5 Å². The number of carbonyl (C=O) groups is 3. The minimum atomic E-state index is -4.94. The summed E-state index contributed by atoms with van der Waals surface area (Å²) in [5.41, 5.74) is -2.62. The van der Waals surface area contributed by atoms with E-state index in [1.165, 1.54) is 12.0 Å². The van der Waals surface area contributed by atoms with Crippen molar-refractivity contribution in [3.63, 3.8) is 0 Å². The van der Waals surface area contributed by atoms with E-state index in [0.29, 0.717) is 29.0 Å². The second-order valence-electron chi connectivity index (χ2n) is 7.44. The maximum absolute atomic E-state index is 13.6. The van der Waals surface area contributed by atoms with Crippen LogP contribution in [0.3, 0.4) is 0 Å². The first-order chi connectivity index (χ1) is 15.5. The summed E-state index contributed by atoms with van der Waals surface area (Å²) < 4.78 is 57.6. The molecule has 0 saturated carbocycles. The van der Waals surface area contributed by atoms with Crippen LogP contribution in [0, 0.1) is 17.7 Å². The second-order valence-corrected chi connectivity index (χ2v) is 7.44. The maximum atomic E-state index is 13.6. The number of nitrogens with one attached hydrogen (secondary N) is 2. The van der Waals surface area contributed by atoms with Crippen molar-refractivity contribution >= 4 is 17.8 Å². The first-order valence-electron chi connectivity index (χ1n) is 9.52. The Morgan fingerprint density at radius 3 is 2.55 bits per heavy atom. The van der Waals surface area contributed by atoms with E-state index >= 15 is 0 Å². The number of alkyl halides is 3. The van der Waals surface area contributed by atoms with Crippen LogP contribution in [-0.4, -0.2) is 41.9 Å². The lowest BCUT2D eigenvalue weighted by molar-refractivity contribution is -0.140. The molecule has 7 nitrogen and oxygen atoms in total. The molecule has 1 fully saturated rings. The SMILES string of the molecule is COc1ccc2c(c1)C(=O)N(C[C@@]1(C#Cc3ccc(F)c(C(F)(F)F)c3)NC(=O)NC1=O)C2. The average Bonchev–Trinajstić information content (AvgIpc) is 3.21. The predicted octanol–water partition coefficient (Wildman–Crippen LogP) is 2.44. The van der Waals surface area contributed by atoms with E-state index in [-0.39, 0.29) is 18.7 Å². The number of fused-ring (bicyclic) bond motifs is 1. The Bertz CT molecular complexity index is 1250. The summed E-state index contributed by atoms with van der Waals surface area (Å²) in [4.78, 5) is 38.6. The maximum Gasteiger partial charge on any atom is 0.419 e. The topological polar surface area (TPSA) is 87.7 Å². The highest BCUT2D eigenvalue weighted by Gasteiger charge is 2.48. The van der Waals surface area contributed by atoms with E-state index in [1.807, 2.05) is 5.32 Å². The van der Waals surface area contributed by atoms with E-state index < -0.39 is 40.9 Å². The molecule has 170 valence electrons. The van der Waals surface area contributed by atoms with Gasteiger partial charge in [-0.05, 0) is 35.9 Å². The molecule has 0 aromatic heterocycles. The first-order valence-corrected chi connectivity index (χ1v) is 9.52. The zero-order chi connectivity index (χ0) is 24.0. The molecular weight excluding hydrogens is 446 g/mol. The quantitative estimate of drug-likeness (QED) is 0.418. The van der Waals surface area contributed by atoms with Gasteiger partial charge in [0.1, 0.15) is 11.6 Å². The molecule has 1 saturated heterocycles. The molecule has 0 aliphatic carbocycles. The van der Waals surface area contributed by atoms with Crippen molar-refractivity contribution in [1.29, 1.82) is 0 Å². The van der Waals surface area contributed by atoms with Gasteiger partial charge in [0.05, 0.1) is 19.2 Å². The molecule has 2 aliphatic rings. The number of benzene rings is 2. The largest absolute Gasteiger partial charge is 0.497 e. The van der Waals surface area contributed by atoms with Gasteiger partial charge in [-0.25, -0.2) is 9.18 Å². The first kappa shape index (κ1) is 22.1. The van der Waals surface area contributed by atoms with Gasteiger partial charge in [0, 0.05) is 17.7 Å². The lowest BCUT2D eigenvalue weighted by Crippen LogP contribution is -2.54. The summed E-state index contributed by atoms with van der Waals surface area (Å²) in [5, 5.41) is 4.38. The molecule has 0 spiro atoms. The summed E-state index contributed by atoms with van der Waals surface area (Å²) >= 11 is 0. The highest BCUT2D eigenvalue weighted by atomic mass is 19.4. The fraction of sp³-hybridized carbons (Fsp3) is 0.227. The molecule has 2 N–H and O–H groups in total. The van der Waals surface area contributed by atoms with Crippen molar-refractivity contribution in [2.75, 3.05) is 13.7 Å². The Balaban J connectivity index is 1.67. The zero-order valence-electron chi connectivity index (χ0n) is 17.0. The van der Waals surface area contributed by atoms with E-state index in [2.05, 4.69) is 17.2 Å². The van der Waals surface area contributed by atoms with E-state index in [1.54, 1.807) is 18.2 Å². The van der Waals surface area contributed by atoms with Gasteiger partial charge in [0.25, 0.3) is 11.8 Å². The highest BCUT2D eigenvalue weighted by molar-refractivity contribution is 6.10. The van der Waals surface area contributed by atoms with Crippen molar-refractivity contribution < 1.29 is 36.7 Å². The fourth-order valence-electron chi connectivity index (χ4n) is 3.61. The van der Waals surface area contributed by atoms with Crippen molar-refractivity contribution in [1.82, 2.24) is 15.5 Å². The van der Waals surface area contributed by atoms with Crippen LogP contribution in [0.25, 0.3) is 0 Å². The smallest absolute Gasteiger partial charge is 0.419 e. The third-order valence-corrected chi connectivity index (χ3v) is 5.26. The lowest BCUT2D eigenvalue weighted by atomic mass is 9.98. The van der Waals surface area contributed by atoms with Crippen LogP contribution < -0.4 is 15.4 Å². The molecule has 2 aliphatic heterocycles. The summed E-state index contributed by atoms with van der Waals surface area (Å²) in [6, 6.07) is 6.17. The molecular formula is C22H15F4N3O4. The van der Waals surface area contributed by atoms with Crippen LogP contribution >= 0.6 is 0 Å². The Kier molecular flexibility index (Phi) is 5.24. The number of halogens is 4. The van der Waals surface area contributed by atoms with Gasteiger partial charge < -0.3 is 15.0 Å². The zero-order valence-corrected chi connectivity index (χ0v) is 17.0. The number of rotatable bonds is 3. The van der Waals surface area contributed by atoms with Gasteiger partial charge in [0.2, 0.25) is 5.54 Å². The summed E-state index contributed by atoms with van der Waals surface area (Å²) in [5.74, 6) is 2.58. The Hall–Kier alpha value is -4.07. The highest BCUT2D eigenvalue weighted by Crippen LogP contribution is 2.32. The number of hydrogen-bond donors (Lipinski definition) is 2. The van der Waals surface area contributed by atoms with Crippen molar-refractivity contribution in [2.24, 2.45) is 0 Å². The average molecular weight is 461 g/mol. The summed E-state index contributed by atoms with van der Waals surface area (Å²) in [6.45, 7) is -0.236. The third-order valence-electron chi connectivity index (χ3n) is 5.26. The number of carbonyl (C=O) groups excluding carboxylic acids is 3. The van der Waals surface area contributed by atoms with Gasteiger partial charge in [-0.2, -0.15) is 13.2 Å². The van der Waals surface area contributed by atoms with Crippen LogP contribution in [0.5, 0.6) is 5.75 Å². The molecule has 0 radical (unpaired) electrons. The van der Waals surface area contributed by atoms with E-state index in [9.17, 15) is 31.9 Å². The van der Waals surface area contributed by atoms with E-state index in [0.717, 1.165) is 6.07 Å². The number of amides is 4. The van der Waals surface area contributed by atoms with Crippen LogP contribution in [0.2, 0.25) is 0 Å². The van der Waals surface area contributed by atoms with Gasteiger partial charge in [-0.1, -0.05) is 17.9 Å². The summed E-state index contributed by atoms with van der Waals surface area (Å²) in [6.07, 6.45) is -4.94. The van der Waals surface area contributed by atoms with Crippen molar-refractivity contribution in [3.8, 4) is 17.6 Å². The second kappa shape index (κ2) is 7.81. The lowest BCUT2D eigenvalue weighted by Gasteiger charge is -2.26. The Morgan fingerprint density at radius 2 is 1.91 bits per heavy atom. The minimum absolute atomic E-state index is 0.125. The molecule has 0 bridgehead atoms. The van der Waals surface area contributed by atoms with Crippen LogP contribution in [-0.2, 0) is 17.5 Å². The van der Waals surface area contributed by atoms with Crippen LogP contribution in [0.15, 0.2) is 36.4 Å².